The molecule has 0 aliphatic carbocycles. The maximum absolute atomic E-state index is 6.32. The average molecular weight is 521 g/mol. The predicted molar refractivity (Wildman–Crippen MR) is 157 cm³/mol. The highest BCUT2D eigenvalue weighted by atomic mass is 16.7. The second-order valence-electron chi connectivity index (χ2n) is 9.16. The molecule has 5 rings (SSSR count). The normalized spacial score (nSPS) is 11.1. The van der Waals surface area contributed by atoms with Gasteiger partial charge in [-0.15, -0.1) is 0 Å². The topological polar surface area (TPSA) is 46.2 Å². The Labute approximate surface area is 229 Å². The van der Waals surface area contributed by atoms with Gasteiger partial charge in [-0.3, -0.25) is 0 Å². The minimum Gasteiger partial charge on any atom is -0.467 e. The van der Waals surface area contributed by atoms with E-state index < -0.39 is 0 Å². The Morgan fingerprint density at radius 1 is 0.667 bits per heavy atom. The second kappa shape index (κ2) is 12.6. The van der Waals surface area contributed by atoms with Crippen LogP contribution in [-0.4, -0.2) is 27.8 Å². The summed E-state index contributed by atoms with van der Waals surface area (Å²) in [6.45, 7) is 4.88. The largest absolute Gasteiger partial charge is 0.467 e. The zero-order valence-corrected chi connectivity index (χ0v) is 22.3. The summed E-state index contributed by atoms with van der Waals surface area (Å²) in [5, 5.41) is 4.28. The lowest BCUT2D eigenvalue weighted by Gasteiger charge is -2.22. The number of methoxy groups -OCH3 is 2. The van der Waals surface area contributed by atoms with Crippen LogP contribution in [0.15, 0.2) is 97.6 Å². The van der Waals surface area contributed by atoms with E-state index in [0.29, 0.717) is 24.7 Å². The molecule has 0 bridgehead atoms. The van der Waals surface area contributed by atoms with Crippen molar-refractivity contribution in [3.05, 3.63) is 114 Å². The maximum Gasteiger partial charge on any atom is 0.188 e. The third kappa shape index (κ3) is 5.81. The molecule has 0 N–H and O–H groups in total. The minimum absolute atomic E-state index is 0.0976. The van der Waals surface area contributed by atoms with Gasteiger partial charge in [0, 0.05) is 30.9 Å². The fraction of sp³-hybridized carbons (Fsp3) is 0.176. The first-order valence-corrected chi connectivity index (χ1v) is 12.8. The third-order valence-electron chi connectivity index (χ3n) is 6.61. The van der Waals surface area contributed by atoms with Crippen molar-refractivity contribution in [3.8, 4) is 22.6 Å². The molecule has 0 heterocycles. The molecule has 5 heteroatoms. The first kappa shape index (κ1) is 26.4. The monoisotopic (exact) mass is 520 g/mol. The summed E-state index contributed by atoms with van der Waals surface area (Å²) in [5.41, 5.74) is 4.96. The van der Waals surface area contributed by atoms with Crippen LogP contribution in [0.25, 0.3) is 38.7 Å². The van der Waals surface area contributed by atoms with E-state index in [1.54, 1.807) is 14.2 Å². The van der Waals surface area contributed by atoms with Crippen LogP contribution in [0.3, 0.4) is 0 Å². The molecule has 0 saturated heterocycles. The summed E-state index contributed by atoms with van der Waals surface area (Å²) >= 11 is 0. The smallest absolute Gasteiger partial charge is 0.188 e. The molecule has 0 aliphatic heterocycles. The highest BCUT2D eigenvalue weighted by Crippen LogP contribution is 2.47. The lowest BCUT2D eigenvalue weighted by Crippen LogP contribution is -2.07. The number of hydrogen-bond donors (Lipinski definition) is 0. The molecular weight excluding hydrogens is 488 g/mol. The van der Waals surface area contributed by atoms with Gasteiger partial charge in [0.05, 0.1) is 13.2 Å². The molecule has 39 heavy (non-hydrogen) atoms. The molecule has 0 radical (unpaired) electrons. The molecule has 5 nitrogen and oxygen atoms in total. The number of benzene rings is 5. The highest BCUT2D eigenvalue weighted by molar-refractivity contribution is 6.10. The van der Waals surface area contributed by atoms with E-state index in [0.717, 1.165) is 49.4 Å². The standard InChI is InChI=1S/C34H32O5/c1-4-24-13-15-25(16-14-24)20-37-21-28-19-27-10-6-8-12-30(27)33(34(28)39-23-36-3)32-29-11-7-5-9-26(29)17-18-31(32)38-22-35-2/h4-19H,1,20-23H2,2-3H3. The lowest BCUT2D eigenvalue weighted by atomic mass is 9.90. The summed E-state index contributed by atoms with van der Waals surface area (Å²) in [6, 6.07) is 30.9. The molecule has 0 fully saturated rings. The molecule has 0 saturated carbocycles. The van der Waals surface area contributed by atoms with Gasteiger partial charge in [-0.2, -0.15) is 0 Å². The van der Waals surface area contributed by atoms with E-state index in [-0.39, 0.29) is 13.6 Å². The van der Waals surface area contributed by atoms with Crippen molar-refractivity contribution in [3.63, 3.8) is 0 Å². The fourth-order valence-electron chi connectivity index (χ4n) is 4.81. The van der Waals surface area contributed by atoms with E-state index in [2.05, 4.69) is 55.1 Å². The van der Waals surface area contributed by atoms with Crippen LogP contribution in [0.1, 0.15) is 16.7 Å². The van der Waals surface area contributed by atoms with Crippen LogP contribution < -0.4 is 9.47 Å². The van der Waals surface area contributed by atoms with Crippen molar-refractivity contribution in [1.82, 2.24) is 0 Å². The Bertz CT molecular complexity index is 1570. The van der Waals surface area contributed by atoms with Crippen LogP contribution in [0.5, 0.6) is 11.5 Å². The van der Waals surface area contributed by atoms with Crippen molar-refractivity contribution in [2.75, 3.05) is 27.8 Å². The number of fused-ring (bicyclic) bond motifs is 2. The van der Waals surface area contributed by atoms with E-state index in [9.17, 15) is 0 Å². The summed E-state index contributed by atoms with van der Waals surface area (Å²) in [7, 11) is 3.24. The number of rotatable bonds is 12. The Morgan fingerprint density at radius 2 is 1.33 bits per heavy atom. The summed E-state index contributed by atoms with van der Waals surface area (Å²) in [4.78, 5) is 0. The Morgan fingerprint density at radius 3 is 2.05 bits per heavy atom. The quantitative estimate of drug-likeness (QED) is 0.156. The Balaban J connectivity index is 1.66. The molecule has 0 spiro atoms. The summed E-state index contributed by atoms with van der Waals surface area (Å²) in [6.07, 6.45) is 1.83. The highest BCUT2D eigenvalue weighted by Gasteiger charge is 2.22. The zero-order valence-electron chi connectivity index (χ0n) is 22.3. The predicted octanol–water partition coefficient (Wildman–Crippen LogP) is 7.99. The SMILES string of the molecule is C=Cc1ccc(COCc2cc3ccccc3c(-c3c(OCOC)ccc4ccccc34)c2OCOC)cc1. The maximum atomic E-state index is 6.32. The minimum atomic E-state index is 0.0976. The fourth-order valence-corrected chi connectivity index (χ4v) is 4.81. The van der Waals surface area contributed by atoms with Gasteiger partial charge in [-0.1, -0.05) is 91.5 Å². The van der Waals surface area contributed by atoms with Crippen molar-refractivity contribution < 1.29 is 23.7 Å². The van der Waals surface area contributed by atoms with Gasteiger partial charge < -0.3 is 23.7 Å². The molecule has 0 unspecified atom stereocenters. The van der Waals surface area contributed by atoms with E-state index in [1.165, 1.54) is 0 Å². The van der Waals surface area contributed by atoms with Crippen LogP contribution in [0, 0.1) is 0 Å². The van der Waals surface area contributed by atoms with Crippen LogP contribution in [0.2, 0.25) is 0 Å². The molecule has 5 aromatic carbocycles. The van der Waals surface area contributed by atoms with E-state index >= 15 is 0 Å². The van der Waals surface area contributed by atoms with E-state index in [4.69, 9.17) is 23.7 Å². The average Bonchev–Trinajstić information content (AvgIpc) is 2.99. The number of hydrogen-bond acceptors (Lipinski definition) is 5. The van der Waals surface area contributed by atoms with Crippen LogP contribution >= 0.6 is 0 Å². The van der Waals surface area contributed by atoms with Crippen molar-refractivity contribution in [2.24, 2.45) is 0 Å². The molecule has 0 aromatic heterocycles. The van der Waals surface area contributed by atoms with Gasteiger partial charge in [-0.25, -0.2) is 0 Å². The zero-order chi connectivity index (χ0) is 27.0. The Hall–Kier alpha value is -4.16. The summed E-state index contributed by atoms with van der Waals surface area (Å²) < 4.78 is 29.3. The molecular formula is C34H32O5. The van der Waals surface area contributed by atoms with Gasteiger partial charge in [0.1, 0.15) is 11.5 Å². The van der Waals surface area contributed by atoms with Gasteiger partial charge >= 0.3 is 0 Å². The molecule has 5 aromatic rings. The Kier molecular flexibility index (Phi) is 8.54. The van der Waals surface area contributed by atoms with E-state index in [1.807, 2.05) is 48.5 Å². The number of ether oxygens (including phenoxy) is 5. The molecule has 0 atom stereocenters. The first-order chi connectivity index (χ1) is 19.2. The first-order valence-electron chi connectivity index (χ1n) is 12.8. The van der Waals surface area contributed by atoms with Crippen molar-refractivity contribution >= 4 is 27.6 Å². The van der Waals surface area contributed by atoms with Gasteiger partial charge in [0.15, 0.2) is 13.6 Å². The van der Waals surface area contributed by atoms with Gasteiger partial charge in [0.25, 0.3) is 0 Å². The van der Waals surface area contributed by atoms with Crippen LogP contribution in [-0.2, 0) is 27.4 Å². The van der Waals surface area contributed by atoms with Crippen LogP contribution in [0.4, 0.5) is 0 Å². The molecule has 198 valence electrons. The van der Waals surface area contributed by atoms with Gasteiger partial charge in [-0.05, 0) is 44.8 Å². The molecule has 0 amide bonds. The van der Waals surface area contributed by atoms with Crippen molar-refractivity contribution in [1.29, 1.82) is 0 Å². The second-order valence-corrected chi connectivity index (χ2v) is 9.16. The molecule has 0 aliphatic rings. The van der Waals surface area contributed by atoms with Crippen molar-refractivity contribution in [2.45, 2.75) is 13.2 Å². The lowest BCUT2D eigenvalue weighted by molar-refractivity contribution is 0.0470. The third-order valence-corrected chi connectivity index (χ3v) is 6.61. The van der Waals surface area contributed by atoms with Gasteiger partial charge in [0.2, 0.25) is 0 Å². The summed E-state index contributed by atoms with van der Waals surface area (Å²) in [5.74, 6) is 1.42.